The molecule has 0 radical (unpaired) electrons. The van der Waals surface area contributed by atoms with Gasteiger partial charge in [0.1, 0.15) is 5.78 Å². The quantitative estimate of drug-likeness (QED) is 0.647. The maximum Gasteiger partial charge on any atom is 0.352 e. The highest BCUT2D eigenvalue weighted by molar-refractivity contribution is 7.54. The second-order valence-corrected chi connectivity index (χ2v) is 8.70. The molecule has 1 atom stereocenters. The topological polar surface area (TPSA) is 47.6 Å². The Hall–Kier alpha value is -0.250. The minimum Gasteiger partial charge on any atom is -0.371 e. The van der Waals surface area contributed by atoms with Crippen molar-refractivity contribution in [2.24, 2.45) is 5.92 Å². The molecule has 1 N–H and O–H groups in total. The lowest BCUT2D eigenvalue weighted by molar-refractivity contribution is 0.244. The first kappa shape index (κ1) is 18.1. The molecule has 2 rings (SSSR count). The summed E-state index contributed by atoms with van der Waals surface area (Å²) in [6.07, 6.45) is 5.51. The van der Waals surface area contributed by atoms with Gasteiger partial charge in [-0.3, -0.25) is 4.57 Å². The van der Waals surface area contributed by atoms with Crippen molar-refractivity contribution in [3.8, 4) is 0 Å². The lowest BCUT2D eigenvalue weighted by atomic mass is 9.89. The molecule has 1 aliphatic rings. The molecule has 1 fully saturated rings. The minimum atomic E-state index is -3.24. The fraction of sp³-hybridized carbons (Fsp3) is 0.600. The Labute approximate surface area is 142 Å². The van der Waals surface area contributed by atoms with E-state index in [2.05, 4.69) is 5.32 Å². The van der Waals surface area contributed by atoms with Crippen LogP contribution in [0, 0.1) is 5.92 Å². The number of benzene rings is 1. The van der Waals surface area contributed by atoms with Gasteiger partial charge in [0.25, 0.3) is 0 Å². The predicted octanol–water partition coefficient (Wildman–Crippen LogP) is 5.80. The predicted molar refractivity (Wildman–Crippen MR) is 92.1 cm³/mol. The third-order valence-corrected chi connectivity index (χ3v) is 7.17. The molecule has 1 aromatic rings. The van der Waals surface area contributed by atoms with Gasteiger partial charge in [-0.1, -0.05) is 42.5 Å². The molecule has 1 aliphatic carbocycles. The van der Waals surface area contributed by atoms with Crippen LogP contribution in [0.3, 0.4) is 0 Å². The van der Waals surface area contributed by atoms with Crippen LogP contribution in [-0.2, 0) is 13.6 Å². The summed E-state index contributed by atoms with van der Waals surface area (Å²) in [7, 11) is -0.385. The van der Waals surface area contributed by atoms with Gasteiger partial charge in [0, 0.05) is 19.9 Å². The molecule has 124 valence electrons. The summed E-state index contributed by atoms with van der Waals surface area (Å²) < 4.78 is 23.4. The molecule has 7 heteroatoms. The van der Waals surface area contributed by atoms with E-state index in [0.717, 1.165) is 31.4 Å². The van der Waals surface area contributed by atoms with Gasteiger partial charge in [0.15, 0.2) is 0 Å². The minimum absolute atomic E-state index is 0.244. The van der Waals surface area contributed by atoms with E-state index in [0.29, 0.717) is 10.0 Å². The molecular weight excluding hydrogens is 344 g/mol. The monoisotopic (exact) mass is 365 g/mol. The molecule has 1 unspecified atom stereocenters. The zero-order valence-corrected chi connectivity index (χ0v) is 15.3. The van der Waals surface area contributed by atoms with Crippen LogP contribution in [0.1, 0.15) is 32.1 Å². The summed E-state index contributed by atoms with van der Waals surface area (Å²) in [5, 5.41) is 4.25. The van der Waals surface area contributed by atoms with Gasteiger partial charge in [-0.05, 0) is 37.0 Å². The average molecular weight is 366 g/mol. The maximum absolute atomic E-state index is 12.9. The molecule has 0 aliphatic heterocycles. The van der Waals surface area contributed by atoms with Gasteiger partial charge in [-0.25, -0.2) is 0 Å². The molecular formula is C15H22Cl2NO3P. The molecule has 0 amide bonds. The van der Waals surface area contributed by atoms with E-state index in [-0.39, 0.29) is 11.7 Å². The van der Waals surface area contributed by atoms with Crippen LogP contribution in [0.2, 0.25) is 10.0 Å². The van der Waals surface area contributed by atoms with Crippen LogP contribution in [0.15, 0.2) is 18.2 Å². The molecule has 0 heterocycles. The summed E-state index contributed by atoms with van der Waals surface area (Å²) in [6, 6.07) is 5.27. The van der Waals surface area contributed by atoms with Gasteiger partial charge in [-0.15, -0.1) is 0 Å². The molecule has 22 heavy (non-hydrogen) atoms. The largest absolute Gasteiger partial charge is 0.371 e. The van der Waals surface area contributed by atoms with Crippen LogP contribution in [0.25, 0.3) is 0 Å². The van der Waals surface area contributed by atoms with E-state index in [1.807, 2.05) is 6.07 Å². The lowest BCUT2D eigenvalue weighted by Crippen LogP contribution is -2.31. The van der Waals surface area contributed by atoms with Crippen LogP contribution < -0.4 is 5.32 Å². The molecule has 4 nitrogen and oxygen atoms in total. The maximum atomic E-state index is 12.9. The highest BCUT2D eigenvalue weighted by Gasteiger charge is 2.40. The zero-order chi connectivity index (χ0) is 16.2. The second kappa shape index (κ2) is 8.03. The van der Waals surface area contributed by atoms with Crippen molar-refractivity contribution in [2.45, 2.75) is 37.9 Å². The summed E-state index contributed by atoms with van der Waals surface area (Å²) in [4.78, 5) is 0. The molecule has 0 saturated heterocycles. The smallest absolute Gasteiger partial charge is 0.352 e. The molecule has 0 spiro atoms. The van der Waals surface area contributed by atoms with E-state index < -0.39 is 7.60 Å². The SMILES string of the molecule is COP(=O)(OC)C(Nc1ccc(Cl)c(Cl)c1)C1CCCCC1. The molecule has 0 bridgehead atoms. The summed E-state index contributed by atoms with van der Waals surface area (Å²) in [5.74, 6) is -0.144. The van der Waals surface area contributed by atoms with E-state index in [4.69, 9.17) is 32.2 Å². The standard InChI is InChI=1S/C15H22Cl2NO3P/c1-20-22(19,21-2)15(11-6-4-3-5-7-11)18-12-8-9-13(16)14(17)10-12/h8-11,15,18H,3-7H2,1-2H3. The third-order valence-electron chi connectivity index (χ3n) is 4.18. The van der Waals surface area contributed by atoms with Crippen LogP contribution in [0.4, 0.5) is 5.69 Å². The normalized spacial score (nSPS) is 18.2. The second-order valence-electron chi connectivity index (χ2n) is 5.52. The fourth-order valence-electron chi connectivity index (χ4n) is 2.96. The number of anilines is 1. The van der Waals surface area contributed by atoms with Gasteiger partial charge < -0.3 is 14.4 Å². The van der Waals surface area contributed by atoms with Crippen molar-refractivity contribution >= 4 is 36.5 Å². The van der Waals surface area contributed by atoms with Crippen molar-refractivity contribution in [2.75, 3.05) is 19.5 Å². The number of halogens is 2. The van der Waals surface area contributed by atoms with E-state index in [9.17, 15) is 4.57 Å². The number of rotatable bonds is 6. The van der Waals surface area contributed by atoms with E-state index >= 15 is 0 Å². The highest BCUT2D eigenvalue weighted by Crippen LogP contribution is 2.56. The Morgan fingerprint density at radius 3 is 2.32 bits per heavy atom. The van der Waals surface area contributed by atoms with Crippen molar-refractivity contribution in [1.82, 2.24) is 0 Å². The highest BCUT2D eigenvalue weighted by atomic mass is 35.5. The van der Waals surface area contributed by atoms with Crippen LogP contribution in [0.5, 0.6) is 0 Å². The Morgan fingerprint density at radius 2 is 1.77 bits per heavy atom. The van der Waals surface area contributed by atoms with Crippen molar-refractivity contribution in [3.05, 3.63) is 28.2 Å². The van der Waals surface area contributed by atoms with Gasteiger partial charge >= 0.3 is 7.60 Å². The Balaban J connectivity index is 2.26. The molecule has 1 saturated carbocycles. The molecule has 1 aromatic carbocycles. The summed E-state index contributed by atoms with van der Waals surface area (Å²) in [6.45, 7) is 0. The third kappa shape index (κ3) is 4.18. The summed E-state index contributed by atoms with van der Waals surface area (Å²) >= 11 is 12.0. The Kier molecular flexibility index (Phi) is 6.60. The van der Waals surface area contributed by atoms with Gasteiger partial charge in [0.2, 0.25) is 0 Å². The Morgan fingerprint density at radius 1 is 1.14 bits per heavy atom. The van der Waals surface area contributed by atoms with Crippen molar-refractivity contribution in [3.63, 3.8) is 0 Å². The molecule has 0 aromatic heterocycles. The average Bonchev–Trinajstić information content (AvgIpc) is 2.56. The first-order valence-electron chi connectivity index (χ1n) is 7.43. The van der Waals surface area contributed by atoms with Gasteiger partial charge in [0.05, 0.1) is 10.0 Å². The summed E-state index contributed by atoms with van der Waals surface area (Å²) in [5.41, 5.74) is 0.763. The number of hydrogen-bond donors (Lipinski definition) is 1. The van der Waals surface area contributed by atoms with Crippen LogP contribution in [-0.4, -0.2) is 20.0 Å². The van der Waals surface area contributed by atoms with E-state index in [1.54, 1.807) is 12.1 Å². The number of nitrogens with one attached hydrogen (secondary N) is 1. The first-order valence-corrected chi connectivity index (χ1v) is 9.79. The lowest BCUT2D eigenvalue weighted by Gasteiger charge is -2.34. The first-order chi connectivity index (χ1) is 10.5. The van der Waals surface area contributed by atoms with E-state index in [1.165, 1.54) is 20.6 Å². The van der Waals surface area contributed by atoms with Gasteiger partial charge in [-0.2, -0.15) is 0 Å². The van der Waals surface area contributed by atoms with Crippen molar-refractivity contribution < 1.29 is 13.6 Å². The van der Waals surface area contributed by atoms with Crippen LogP contribution >= 0.6 is 30.8 Å². The Bertz CT molecular complexity index is 542. The van der Waals surface area contributed by atoms with Crippen molar-refractivity contribution in [1.29, 1.82) is 0 Å². The number of hydrogen-bond acceptors (Lipinski definition) is 4. The zero-order valence-electron chi connectivity index (χ0n) is 12.9. The fourth-order valence-corrected chi connectivity index (χ4v) is 4.99.